The van der Waals surface area contributed by atoms with E-state index in [0.29, 0.717) is 29.1 Å². The van der Waals surface area contributed by atoms with Crippen molar-refractivity contribution in [2.45, 2.75) is 12.8 Å². The summed E-state index contributed by atoms with van der Waals surface area (Å²) in [6.45, 7) is 3.38. The molecule has 0 atom stereocenters. The van der Waals surface area contributed by atoms with Gasteiger partial charge in [0, 0.05) is 56.5 Å². The van der Waals surface area contributed by atoms with Crippen LogP contribution < -0.4 is 19.9 Å². The van der Waals surface area contributed by atoms with Crippen LogP contribution in [0, 0.1) is 0 Å². The molecule has 2 aromatic heterocycles. The Labute approximate surface area is 220 Å². The smallest absolute Gasteiger partial charge is 0.337 e. The van der Waals surface area contributed by atoms with E-state index in [4.69, 9.17) is 14.6 Å². The normalized spacial score (nSPS) is 13.4. The molecule has 196 valence electrons. The van der Waals surface area contributed by atoms with E-state index in [2.05, 4.69) is 37.4 Å². The minimum atomic E-state index is -0.424. The number of aromatic nitrogens is 4. The number of ether oxygens (including phenoxy) is 2. The van der Waals surface area contributed by atoms with E-state index < -0.39 is 5.97 Å². The molecule has 2 aromatic carbocycles. The van der Waals surface area contributed by atoms with Gasteiger partial charge in [-0.25, -0.2) is 4.79 Å². The molecule has 0 bridgehead atoms. The van der Waals surface area contributed by atoms with Crippen LogP contribution in [0.25, 0.3) is 5.65 Å². The van der Waals surface area contributed by atoms with Crippen molar-refractivity contribution in [3.05, 3.63) is 72.1 Å². The SMILES string of the molecule is COC(=O)c1ccc(NC(=O)CCc2nnc3ccc(N4CCN(c5cccc(OC)c5)CC4)nn23)cc1. The zero-order valence-electron chi connectivity index (χ0n) is 21.3. The van der Waals surface area contributed by atoms with Crippen LogP contribution in [0.15, 0.2) is 60.7 Å². The van der Waals surface area contributed by atoms with Gasteiger partial charge in [-0.1, -0.05) is 6.07 Å². The lowest BCUT2D eigenvalue weighted by Gasteiger charge is -2.36. The van der Waals surface area contributed by atoms with E-state index in [1.807, 2.05) is 24.3 Å². The molecule has 1 fully saturated rings. The molecule has 0 saturated carbocycles. The Morgan fingerprint density at radius 2 is 1.68 bits per heavy atom. The number of nitrogens with zero attached hydrogens (tertiary/aromatic N) is 6. The highest BCUT2D eigenvalue weighted by Gasteiger charge is 2.20. The van der Waals surface area contributed by atoms with Gasteiger partial charge in [-0.2, -0.15) is 4.52 Å². The Hall–Kier alpha value is -4.67. The van der Waals surface area contributed by atoms with Gasteiger partial charge in [0.2, 0.25) is 5.91 Å². The molecule has 11 nitrogen and oxygen atoms in total. The average molecular weight is 516 g/mol. The molecule has 1 aliphatic rings. The Kier molecular flexibility index (Phi) is 7.34. The third-order valence-corrected chi connectivity index (χ3v) is 6.50. The van der Waals surface area contributed by atoms with Crippen LogP contribution in [-0.2, 0) is 16.0 Å². The summed E-state index contributed by atoms with van der Waals surface area (Å²) in [5, 5.41) is 16.1. The van der Waals surface area contributed by atoms with E-state index in [1.54, 1.807) is 35.9 Å². The maximum Gasteiger partial charge on any atom is 0.337 e. The number of benzene rings is 2. The Balaban J connectivity index is 1.19. The standard InChI is InChI=1S/C27H29N7O4/c1-37-22-5-3-4-21(18-22)32-14-16-33(17-15-32)25-11-10-23-29-30-24(34(23)31-25)12-13-26(35)28-20-8-6-19(7-9-20)27(36)38-2/h3-11,18H,12-17H2,1-2H3,(H,28,35). The summed E-state index contributed by atoms with van der Waals surface area (Å²) in [7, 11) is 3.00. The number of hydrogen-bond acceptors (Lipinski definition) is 9. The van der Waals surface area contributed by atoms with Crippen molar-refractivity contribution in [3.8, 4) is 5.75 Å². The van der Waals surface area contributed by atoms with Gasteiger partial charge in [0.05, 0.1) is 19.8 Å². The summed E-state index contributed by atoms with van der Waals surface area (Å²) in [6, 6.07) is 18.5. The molecule has 38 heavy (non-hydrogen) atoms. The van der Waals surface area contributed by atoms with Gasteiger partial charge in [0.1, 0.15) is 11.6 Å². The van der Waals surface area contributed by atoms with Crippen LogP contribution in [0.5, 0.6) is 5.75 Å². The number of carbonyl (C=O) groups is 2. The third-order valence-electron chi connectivity index (χ3n) is 6.50. The van der Waals surface area contributed by atoms with Crippen LogP contribution in [-0.4, -0.2) is 72.1 Å². The van der Waals surface area contributed by atoms with Crippen molar-refractivity contribution in [3.63, 3.8) is 0 Å². The Morgan fingerprint density at radius 3 is 2.42 bits per heavy atom. The number of fused-ring (bicyclic) bond motifs is 1. The first-order valence-electron chi connectivity index (χ1n) is 12.4. The van der Waals surface area contributed by atoms with Crippen LogP contribution in [0.3, 0.4) is 0 Å². The van der Waals surface area contributed by atoms with Gasteiger partial charge < -0.3 is 24.6 Å². The molecule has 0 radical (unpaired) electrons. The lowest BCUT2D eigenvalue weighted by atomic mass is 10.2. The predicted molar refractivity (Wildman–Crippen MR) is 143 cm³/mol. The Bertz CT molecular complexity index is 1430. The fourth-order valence-electron chi connectivity index (χ4n) is 4.41. The minimum absolute atomic E-state index is 0.169. The van der Waals surface area contributed by atoms with Gasteiger partial charge in [-0.3, -0.25) is 4.79 Å². The molecule has 4 aromatic rings. The molecule has 5 rings (SSSR count). The monoisotopic (exact) mass is 515 g/mol. The summed E-state index contributed by atoms with van der Waals surface area (Å²) < 4.78 is 11.8. The van der Waals surface area contributed by atoms with Crippen LogP contribution >= 0.6 is 0 Å². The van der Waals surface area contributed by atoms with E-state index >= 15 is 0 Å². The Morgan fingerprint density at radius 1 is 0.921 bits per heavy atom. The molecule has 1 amide bonds. The highest BCUT2D eigenvalue weighted by molar-refractivity contribution is 5.93. The van der Waals surface area contributed by atoms with E-state index in [1.165, 1.54) is 7.11 Å². The number of nitrogens with one attached hydrogen (secondary N) is 1. The number of hydrogen-bond donors (Lipinski definition) is 1. The second-order valence-corrected chi connectivity index (χ2v) is 8.87. The summed E-state index contributed by atoms with van der Waals surface area (Å²) in [5.74, 6) is 1.72. The molecule has 1 aliphatic heterocycles. The lowest BCUT2D eigenvalue weighted by Crippen LogP contribution is -2.47. The maximum atomic E-state index is 12.5. The van der Waals surface area contributed by atoms with Gasteiger partial charge in [-0.05, 0) is 48.5 Å². The number of piperazine rings is 1. The molecular weight excluding hydrogens is 486 g/mol. The minimum Gasteiger partial charge on any atom is -0.497 e. The molecular formula is C27H29N7O4. The molecule has 3 heterocycles. The van der Waals surface area contributed by atoms with Crippen LogP contribution in [0.2, 0.25) is 0 Å². The highest BCUT2D eigenvalue weighted by atomic mass is 16.5. The second-order valence-electron chi connectivity index (χ2n) is 8.87. The van der Waals surface area contributed by atoms with Crippen molar-refractivity contribution < 1.29 is 19.1 Å². The summed E-state index contributed by atoms with van der Waals surface area (Å²) in [5.41, 5.74) is 2.80. The number of amides is 1. The first kappa shape index (κ1) is 25.0. The van der Waals surface area contributed by atoms with E-state index in [9.17, 15) is 9.59 Å². The lowest BCUT2D eigenvalue weighted by molar-refractivity contribution is -0.116. The largest absolute Gasteiger partial charge is 0.497 e. The quantitative estimate of drug-likeness (QED) is 0.354. The van der Waals surface area contributed by atoms with Crippen LogP contribution in [0.4, 0.5) is 17.2 Å². The first-order chi connectivity index (χ1) is 18.5. The summed E-state index contributed by atoms with van der Waals surface area (Å²) in [6.07, 6.45) is 0.595. The molecule has 0 unspecified atom stereocenters. The van der Waals surface area contributed by atoms with Crippen molar-refractivity contribution in [1.82, 2.24) is 19.8 Å². The zero-order chi connectivity index (χ0) is 26.5. The van der Waals surface area contributed by atoms with Crippen LogP contribution in [0.1, 0.15) is 22.6 Å². The van der Waals surface area contributed by atoms with E-state index in [-0.39, 0.29) is 12.3 Å². The molecule has 1 saturated heterocycles. The second kappa shape index (κ2) is 11.2. The maximum absolute atomic E-state index is 12.5. The number of carbonyl (C=O) groups excluding carboxylic acids is 2. The van der Waals surface area contributed by atoms with Gasteiger partial charge in [0.15, 0.2) is 11.5 Å². The van der Waals surface area contributed by atoms with Gasteiger partial charge in [0.25, 0.3) is 0 Å². The van der Waals surface area contributed by atoms with Crippen molar-refractivity contribution >= 4 is 34.7 Å². The van der Waals surface area contributed by atoms with Crippen molar-refractivity contribution in [2.75, 3.05) is 55.5 Å². The molecule has 11 heteroatoms. The summed E-state index contributed by atoms with van der Waals surface area (Å²) >= 11 is 0. The van der Waals surface area contributed by atoms with Gasteiger partial charge >= 0.3 is 5.97 Å². The molecule has 0 spiro atoms. The number of methoxy groups -OCH3 is 2. The number of anilines is 3. The zero-order valence-corrected chi connectivity index (χ0v) is 21.3. The fourth-order valence-corrected chi connectivity index (χ4v) is 4.41. The highest BCUT2D eigenvalue weighted by Crippen LogP contribution is 2.23. The third kappa shape index (κ3) is 5.51. The van der Waals surface area contributed by atoms with Crippen molar-refractivity contribution in [1.29, 1.82) is 0 Å². The number of rotatable bonds is 8. The number of esters is 1. The molecule has 1 N–H and O–H groups in total. The fraction of sp³-hybridized carbons (Fsp3) is 0.296. The van der Waals surface area contributed by atoms with Gasteiger partial charge in [-0.15, -0.1) is 15.3 Å². The first-order valence-corrected chi connectivity index (χ1v) is 12.4. The summed E-state index contributed by atoms with van der Waals surface area (Å²) in [4.78, 5) is 28.7. The van der Waals surface area contributed by atoms with E-state index in [0.717, 1.165) is 43.4 Å². The topological polar surface area (TPSA) is 114 Å². The predicted octanol–water partition coefficient (Wildman–Crippen LogP) is 2.82. The number of aryl methyl sites for hydroxylation is 1. The molecule has 0 aliphatic carbocycles. The average Bonchev–Trinajstić information content (AvgIpc) is 3.38. The van der Waals surface area contributed by atoms with Crippen molar-refractivity contribution in [2.24, 2.45) is 0 Å².